The predicted octanol–water partition coefficient (Wildman–Crippen LogP) is 1.29. The lowest BCUT2D eigenvalue weighted by atomic mass is 10.0. The van der Waals surface area contributed by atoms with Crippen molar-refractivity contribution in [2.45, 2.75) is 20.0 Å². The van der Waals surface area contributed by atoms with Crippen LogP contribution in [0.25, 0.3) is 0 Å². The summed E-state index contributed by atoms with van der Waals surface area (Å²) in [4.78, 5) is 24.6. The van der Waals surface area contributed by atoms with Gasteiger partial charge in [-0.1, -0.05) is 29.8 Å². The number of carbonyl (C=O) groups is 2. The average molecular weight is 330 g/mol. The Morgan fingerprint density at radius 3 is 2.38 bits per heavy atom. The van der Waals surface area contributed by atoms with Crippen LogP contribution in [0.15, 0.2) is 36.4 Å². The molecule has 1 atom stereocenters. The molecule has 0 aliphatic carbocycles. The van der Waals surface area contributed by atoms with Crippen LogP contribution < -0.4 is 5.84 Å². The smallest absolute Gasteiger partial charge is 0.278 e. The van der Waals surface area contributed by atoms with Gasteiger partial charge in [0.15, 0.2) is 6.10 Å². The summed E-state index contributed by atoms with van der Waals surface area (Å²) in [5.41, 5.74) is 1.15. The quantitative estimate of drug-likeness (QED) is 0.382. The highest BCUT2D eigenvalue weighted by molar-refractivity contribution is 6.07. The molecule has 0 saturated carbocycles. The largest absolute Gasteiger partial charge is 0.508 e. The van der Waals surface area contributed by atoms with Crippen LogP contribution in [0, 0.1) is 13.8 Å². The summed E-state index contributed by atoms with van der Waals surface area (Å²) in [5.74, 6) is 2.80. The summed E-state index contributed by atoms with van der Waals surface area (Å²) in [5, 5.41) is 29.6. The van der Waals surface area contributed by atoms with E-state index < -0.39 is 23.7 Å². The average Bonchev–Trinajstić information content (AvgIpc) is 2.51. The van der Waals surface area contributed by atoms with E-state index in [0.29, 0.717) is 5.56 Å². The van der Waals surface area contributed by atoms with Crippen molar-refractivity contribution in [3.8, 4) is 11.5 Å². The SMILES string of the molecule is Cc1cccc(C(O)C(=O)N(N)C(=O)c2c(C)cc(O)cc2O)c1. The van der Waals surface area contributed by atoms with Crippen molar-refractivity contribution in [3.63, 3.8) is 0 Å². The highest BCUT2D eigenvalue weighted by Crippen LogP contribution is 2.28. The molecule has 0 saturated heterocycles. The number of rotatable bonds is 3. The second kappa shape index (κ2) is 6.69. The van der Waals surface area contributed by atoms with E-state index in [-0.39, 0.29) is 21.9 Å². The number of aliphatic hydroxyl groups is 1. The zero-order chi connectivity index (χ0) is 18.0. The van der Waals surface area contributed by atoms with Crippen molar-refractivity contribution < 1.29 is 24.9 Å². The molecule has 1 unspecified atom stereocenters. The van der Waals surface area contributed by atoms with Gasteiger partial charge in [0, 0.05) is 6.07 Å². The third-order valence-electron chi connectivity index (χ3n) is 3.56. The molecule has 0 spiro atoms. The second-order valence-electron chi connectivity index (χ2n) is 5.49. The Balaban J connectivity index is 2.29. The lowest BCUT2D eigenvalue weighted by molar-refractivity contribution is -0.138. The number of aryl methyl sites for hydroxylation is 2. The first-order valence-corrected chi connectivity index (χ1v) is 7.12. The Bertz CT molecular complexity index is 780. The molecule has 0 aliphatic heterocycles. The minimum absolute atomic E-state index is 0.222. The Kier molecular flexibility index (Phi) is 4.87. The Hall–Kier alpha value is -2.90. The summed E-state index contributed by atoms with van der Waals surface area (Å²) in [6, 6.07) is 8.82. The van der Waals surface area contributed by atoms with Crippen molar-refractivity contribution in [3.05, 3.63) is 58.7 Å². The molecule has 2 amide bonds. The number of carbonyl (C=O) groups excluding carboxylic acids is 2. The molecule has 0 aromatic heterocycles. The van der Waals surface area contributed by atoms with Gasteiger partial charge in [0.25, 0.3) is 11.8 Å². The van der Waals surface area contributed by atoms with Gasteiger partial charge in [0.05, 0.1) is 5.56 Å². The van der Waals surface area contributed by atoms with Crippen LogP contribution in [-0.2, 0) is 4.79 Å². The molecule has 7 nitrogen and oxygen atoms in total. The lowest BCUT2D eigenvalue weighted by Gasteiger charge is -2.20. The number of amides is 2. The molecular formula is C17H18N2O5. The van der Waals surface area contributed by atoms with Crippen molar-refractivity contribution in [2.75, 3.05) is 0 Å². The number of hydrogen-bond donors (Lipinski definition) is 4. The topological polar surface area (TPSA) is 124 Å². The summed E-state index contributed by atoms with van der Waals surface area (Å²) in [6.07, 6.45) is -1.61. The Labute approximate surface area is 138 Å². The van der Waals surface area contributed by atoms with Gasteiger partial charge in [-0.05, 0) is 31.0 Å². The molecule has 2 aromatic carbocycles. The summed E-state index contributed by atoms with van der Waals surface area (Å²) in [7, 11) is 0. The second-order valence-corrected chi connectivity index (χ2v) is 5.49. The van der Waals surface area contributed by atoms with E-state index in [1.807, 2.05) is 0 Å². The summed E-state index contributed by atoms with van der Waals surface area (Å²) < 4.78 is 0. The molecule has 0 bridgehead atoms. The number of benzene rings is 2. The molecule has 7 heteroatoms. The van der Waals surface area contributed by atoms with Crippen LogP contribution in [0.2, 0.25) is 0 Å². The maximum atomic E-state index is 12.4. The fourth-order valence-electron chi connectivity index (χ4n) is 2.36. The molecule has 2 aromatic rings. The number of phenolic OH excluding ortho intramolecular Hbond substituents is 2. The number of phenols is 2. The highest BCUT2D eigenvalue weighted by atomic mass is 16.3. The first-order chi connectivity index (χ1) is 11.2. The molecule has 0 radical (unpaired) electrons. The molecular weight excluding hydrogens is 312 g/mol. The van der Waals surface area contributed by atoms with E-state index in [4.69, 9.17) is 5.84 Å². The van der Waals surface area contributed by atoms with Gasteiger partial charge in [-0.2, -0.15) is 0 Å². The minimum atomic E-state index is -1.61. The van der Waals surface area contributed by atoms with E-state index in [1.54, 1.807) is 25.1 Å². The number of nitrogens with two attached hydrogens (primary N) is 1. The van der Waals surface area contributed by atoms with Crippen LogP contribution >= 0.6 is 0 Å². The lowest BCUT2D eigenvalue weighted by Crippen LogP contribution is -2.45. The zero-order valence-electron chi connectivity index (χ0n) is 13.2. The fourth-order valence-corrected chi connectivity index (χ4v) is 2.36. The van der Waals surface area contributed by atoms with Crippen molar-refractivity contribution in [1.82, 2.24) is 5.01 Å². The number of hydrogen-bond acceptors (Lipinski definition) is 6. The first-order valence-electron chi connectivity index (χ1n) is 7.12. The van der Waals surface area contributed by atoms with Gasteiger partial charge < -0.3 is 15.3 Å². The Morgan fingerprint density at radius 2 is 1.79 bits per heavy atom. The van der Waals surface area contributed by atoms with Crippen molar-refractivity contribution in [1.29, 1.82) is 0 Å². The number of aliphatic hydroxyl groups excluding tert-OH is 1. The van der Waals surface area contributed by atoms with Crippen LogP contribution in [0.5, 0.6) is 11.5 Å². The molecule has 0 fully saturated rings. The Morgan fingerprint density at radius 1 is 1.12 bits per heavy atom. The fraction of sp³-hybridized carbons (Fsp3) is 0.176. The molecule has 24 heavy (non-hydrogen) atoms. The van der Waals surface area contributed by atoms with Crippen molar-refractivity contribution in [2.24, 2.45) is 5.84 Å². The minimum Gasteiger partial charge on any atom is -0.508 e. The van der Waals surface area contributed by atoms with E-state index in [0.717, 1.165) is 11.6 Å². The van der Waals surface area contributed by atoms with Gasteiger partial charge in [0.1, 0.15) is 11.5 Å². The van der Waals surface area contributed by atoms with Crippen LogP contribution in [0.4, 0.5) is 0 Å². The van der Waals surface area contributed by atoms with Gasteiger partial charge in [-0.15, -0.1) is 0 Å². The third-order valence-corrected chi connectivity index (χ3v) is 3.56. The maximum Gasteiger partial charge on any atom is 0.278 e. The normalized spacial score (nSPS) is 11.8. The van der Waals surface area contributed by atoms with Crippen LogP contribution in [-0.4, -0.2) is 32.1 Å². The number of hydrazine groups is 1. The number of aromatic hydroxyl groups is 2. The first kappa shape index (κ1) is 17.5. The standard InChI is InChI=1S/C17H18N2O5/c1-9-4-3-5-11(6-9)15(22)17(24)19(18)16(23)14-10(2)7-12(20)8-13(14)21/h3-8,15,20-22H,18H2,1-2H3. The summed E-state index contributed by atoms with van der Waals surface area (Å²) in [6.45, 7) is 3.27. The van der Waals surface area contributed by atoms with E-state index in [2.05, 4.69) is 0 Å². The highest BCUT2D eigenvalue weighted by Gasteiger charge is 2.29. The molecule has 0 aliphatic rings. The van der Waals surface area contributed by atoms with E-state index in [1.165, 1.54) is 19.1 Å². The molecule has 126 valence electrons. The van der Waals surface area contributed by atoms with Gasteiger partial charge >= 0.3 is 0 Å². The summed E-state index contributed by atoms with van der Waals surface area (Å²) >= 11 is 0. The molecule has 2 rings (SSSR count). The van der Waals surface area contributed by atoms with Crippen LogP contribution in [0.3, 0.4) is 0 Å². The van der Waals surface area contributed by atoms with E-state index in [9.17, 15) is 24.9 Å². The third kappa shape index (κ3) is 3.37. The van der Waals surface area contributed by atoms with Crippen LogP contribution in [0.1, 0.15) is 33.2 Å². The van der Waals surface area contributed by atoms with E-state index >= 15 is 0 Å². The zero-order valence-corrected chi connectivity index (χ0v) is 13.2. The van der Waals surface area contributed by atoms with Gasteiger partial charge in [0.2, 0.25) is 0 Å². The monoisotopic (exact) mass is 330 g/mol. The number of nitrogens with zero attached hydrogens (tertiary/aromatic N) is 1. The van der Waals surface area contributed by atoms with Gasteiger partial charge in [-0.25, -0.2) is 10.9 Å². The molecule has 0 heterocycles. The maximum absolute atomic E-state index is 12.4. The predicted molar refractivity (Wildman–Crippen MR) is 86.0 cm³/mol. The van der Waals surface area contributed by atoms with Crippen molar-refractivity contribution >= 4 is 11.8 Å². The number of imide groups is 1. The van der Waals surface area contributed by atoms with Gasteiger partial charge in [-0.3, -0.25) is 9.59 Å². The molecule has 5 N–H and O–H groups in total.